The molecular weight excluding hydrogens is 360 g/mol. The number of nitrogens with zero attached hydrogens (tertiary/aromatic N) is 2. The Hall–Kier alpha value is -3.29. The zero-order chi connectivity index (χ0) is 20.5. The van der Waals surface area contributed by atoms with Crippen molar-refractivity contribution in [1.29, 1.82) is 0 Å². The van der Waals surface area contributed by atoms with Gasteiger partial charge in [0.15, 0.2) is 17.2 Å². The Morgan fingerprint density at radius 1 is 1.29 bits per heavy atom. The predicted molar refractivity (Wildman–Crippen MR) is 107 cm³/mol. The summed E-state index contributed by atoms with van der Waals surface area (Å²) in [7, 11) is 0. The number of amides is 2. The van der Waals surface area contributed by atoms with Crippen molar-refractivity contribution in [3.63, 3.8) is 0 Å². The van der Waals surface area contributed by atoms with E-state index < -0.39 is 11.6 Å². The van der Waals surface area contributed by atoms with Crippen molar-refractivity contribution in [2.24, 2.45) is 0 Å². The number of benzene rings is 1. The molecule has 1 aliphatic heterocycles. The second kappa shape index (κ2) is 7.38. The van der Waals surface area contributed by atoms with E-state index in [-0.39, 0.29) is 23.5 Å². The third-order valence-electron chi connectivity index (χ3n) is 4.39. The molecule has 0 saturated carbocycles. The van der Waals surface area contributed by atoms with Crippen LogP contribution in [-0.4, -0.2) is 35.0 Å². The molecule has 0 aliphatic carbocycles. The first kappa shape index (κ1) is 19.5. The van der Waals surface area contributed by atoms with E-state index in [1.165, 1.54) is 4.90 Å². The van der Waals surface area contributed by atoms with Crippen LogP contribution in [-0.2, 0) is 9.59 Å². The van der Waals surface area contributed by atoms with Gasteiger partial charge in [-0.15, -0.1) is 0 Å². The Bertz CT molecular complexity index is 896. The summed E-state index contributed by atoms with van der Waals surface area (Å²) in [6, 6.07) is 9.43. The second-order valence-electron chi connectivity index (χ2n) is 6.97. The van der Waals surface area contributed by atoms with Gasteiger partial charge in [0.1, 0.15) is 17.6 Å². The number of aromatic nitrogens is 1. The lowest BCUT2D eigenvalue weighted by molar-refractivity contribution is -0.134. The van der Waals surface area contributed by atoms with Crippen LogP contribution in [0.3, 0.4) is 0 Å². The van der Waals surface area contributed by atoms with Crippen LogP contribution in [0.1, 0.15) is 27.7 Å². The summed E-state index contributed by atoms with van der Waals surface area (Å²) >= 11 is 0. The number of pyridine rings is 1. The van der Waals surface area contributed by atoms with Crippen LogP contribution in [0, 0.1) is 0 Å². The molecule has 2 aromatic rings. The Kier molecular flexibility index (Phi) is 5.13. The van der Waals surface area contributed by atoms with E-state index in [4.69, 9.17) is 15.2 Å². The molecule has 0 spiro atoms. The van der Waals surface area contributed by atoms with Gasteiger partial charge in [-0.05, 0) is 64.1 Å². The van der Waals surface area contributed by atoms with Crippen molar-refractivity contribution in [3.8, 4) is 11.5 Å². The van der Waals surface area contributed by atoms with Crippen molar-refractivity contribution >= 4 is 29.1 Å². The first-order valence-corrected chi connectivity index (χ1v) is 9.06. The molecular formula is C20H24N4O4. The van der Waals surface area contributed by atoms with E-state index in [1.54, 1.807) is 57.2 Å². The molecule has 148 valence electrons. The molecule has 2 heterocycles. The molecule has 0 fully saturated rings. The highest BCUT2D eigenvalue weighted by Crippen LogP contribution is 2.38. The van der Waals surface area contributed by atoms with Gasteiger partial charge in [-0.2, -0.15) is 0 Å². The SMILES string of the molecule is CCOc1ccc(NC(=O)C(C)N2C(=O)C(C)(C)Oc3ccc(N)nc32)cc1. The van der Waals surface area contributed by atoms with Crippen LogP contribution in [0.5, 0.6) is 11.5 Å². The standard InChI is InChI=1S/C20H24N4O4/c1-5-27-14-8-6-13(7-9-14)22-18(25)12(2)24-17-15(10-11-16(21)23-17)28-20(3,4)19(24)26/h6-12H,5H2,1-4H3,(H2,21,23)(H,22,25). The van der Waals surface area contributed by atoms with Gasteiger partial charge in [-0.25, -0.2) is 4.98 Å². The van der Waals surface area contributed by atoms with Crippen molar-refractivity contribution in [2.45, 2.75) is 39.3 Å². The fourth-order valence-electron chi connectivity index (χ4n) is 2.93. The van der Waals surface area contributed by atoms with Gasteiger partial charge in [0.25, 0.3) is 5.91 Å². The monoisotopic (exact) mass is 384 g/mol. The minimum absolute atomic E-state index is 0.235. The number of hydrogen-bond acceptors (Lipinski definition) is 6. The lowest BCUT2D eigenvalue weighted by atomic mass is 10.0. The Morgan fingerprint density at radius 2 is 1.96 bits per heavy atom. The molecule has 1 unspecified atom stereocenters. The highest BCUT2D eigenvalue weighted by atomic mass is 16.5. The Balaban J connectivity index is 1.85. The van der Waals surface area contributed by atoms with Gasteiger partial charge < -0.3 is 20.5 Å². The topological polar surface area (TPSA) is 107 Å². The smallest absolute Gasteiger partial charge is 0.272 e. The number of anilines is 3. The van der Waals surface area contributed by atoms with Crippen LogP contribution in [0.2, 0.25) is 0 Å². The number of nitrogen functional groups attached to an aromatic ring is 1. The molecule has 0 bridgehead atoms. The minimum Gasteiger partial charge on any atom is -0.494 e. The van der Waals surface area contributed by atoms with Crippen LogP contribution in [0.15, 0.2) is 36.4 Å². The zero-order valence-corrected chi connectivity index (χ0v) is 16.4. The number of fused-ring (bicyclic) bond motifs is 1. The van der Waals surface area contributed by atoms with Crippen molar-refractivity contribution in [3.05, 3.63) is 36.4 Å². The minimum atomic E-state index is -1.13. The number of nitrogens with one attached hydrogen (secondary N) is 1. The highest BCUT2D eigenvalue weighted by molar-refractivity contribution is 6.08. The van der Waals surface area contributed by atoms with E-state index in [2.05, 4.69) is 10.3 Å². The molecule has 0 radical (unpaired) electrons. The first-order valence-electron chi connectivity index (χ1n) is 9.06. The number of ether oxygens (including phenoxy) is 2. The molecule has 1 aliphatic rings. The first-order chi connectivity index (χ1) is 13.2. The lowest BCUT2D eigenvalue weighted by Crippen LogP contribution is -2.58. The maximum atomic E-state index is 13.0. The summed E-state index contributed by atoms with van der Waals surface area (Å²) < 4.78 is 11.1. The third-order valence-corrected chi connectivity index (χ3v) is 4.39. The van der Waals surface area contributed by atoms with Gasteiger partial charge in [0.2, 0.25) is 5.91 Å². The summed E-state index contributed by atoms with van der Waals surface area (Å²) in [5, 5.41) is 2.81. The van der Waals surface area contributed by atoms with Crippen LogP contribution in [0.25, 0.3) is 0 Å². The number of hydrogen-bond donors (Lipinski definition) is 2. The average molecular weight is 384 g/mol. The molecule has 28 heavy (non-hydrogen) atoms. The molecule has 1 aromatic heterocycles. The van der Waals surface area contributed by atoms with Gasteiger partial charge in [0, 0.05) is 5.69 Å². The number of carbonyl (C=O) groups excluding carboxylic acids is 2. The van der Waals surface area contributed by atoms with Gasteiger partial charge >= 0.3 is 0 Å². The molecule has 1 atom stereocenters. The van der Waals surface area contributed by atoms with Crippen LogP contribution >= 0.6 is 0 Å². The predicted octanol–water partition coefficient (Wildman–Crippen LogP) is 2.59. The summed E-state index contributed by atoms with van der Waals surface area (Å²) in [6.45, 7) is 7.40. The van der Waals surface area contributed by atoms with Crippen molar-refractivity contribution < 1.29 is 19.1 Å². The third kappa shape index (κ3) is 3.71. The number of carbonyl (C=O) groups is 2. The molecule has 8 nitrogen and oxygen atoms in total. The normalized spacial score (nSPS) is 16.0. The summed E-state index contributed by atoms with van der Waals surface area (Å²) in [5.41, 5.74) is 5.25. The number of nitrogens with two attached hydrogens (primary N) is 1. The lowest BCUT2D eigenvalue weighted by Gasteiger charge is -2.40. The van der Waals surface area contributed by atoms with E-state index in [1.807, 2.05) is 6.92 Å². The second-order valence-corrected chi connectivity index (χ2v) is 6.97. The fraction of sp³-hybridized carbons (Fsp3) is 0.350. The van der Waals surface area contributed by atoms with Crippen molar-refractivity contribution in [1.82, 2.24) is 4.98 Å². The maximum absolute atomic E-state index is 13.0. The molecule has 3 rings (SSSR count). The van der Waals surface area contributed by atoms with Crippen molar-refractivity contribution in [2.75, 3.05) is 22.6 Å². The molecule has 1 aromatic carbocycles. The fourth-order valence-corrected chi connectivity index (χ4v) is 2.93. The van der Waals surface area contributed by atoms with Crippen LogP contribution < -0.4 is 25.4 Å². The summed E-state index contributed by atoms with van der Waals surface area (Å²) in [5.74, 6) is 0.863. The Labute approximate surface area is 163 Å². The quantitative estimate of drug-likeness (QED) is 0.821. The molecule has 8 heteroatoms. The van der Waals surface area contributed by atoms with Gasteiger partial charge in [-0.1, -0.05) is 0 Å². The maximum Gasteiger partial charge on any atom is 0.272 e. The Morgan fingerprint density at radius 3 is 2.61 bits per heavy atom. The van der Waals surface area contributed by atoms with E-state index in [0.29, 0.717) is 23.8 Å². The number of rotatable bonds is 5. The highest BCUT2D eigenvalue weighted by Gasteiger charge is 2.45. The largest absolute Gasteiger partial charge is 0.494 e. The van der Waals surface area contributed by atoms with Gasteiger partial charge in [-0.3, -0.25) is 14.5 Å². The van der Waals surface area contributed by atoms with E-state index in [0.717, 1.165) is 0 Å². The summed E-state index contributed by atoms with van der Waals surface area (Å²) in [4.78, 5) is 31.3. The van der Waals surface area contributed by atoms with Gasteiger partial charge in [0.05, 0.1) is 6.61 Å². The van der Waals surface area contributed by atoms with E-state index in [9.17, 15) is 9.59 Å². The van der Waals surface area contributed by atoms with E-state index >= 15 is 0 Å². The van der Waals surface area contributed by atoms with Crippen LogP contribution in [0.4, 0.5) is 17.3 Å². The zero-order valence-electron chi connectivity index (χ0n) is 16.4. The molecule has 2 amide bonds. The molecule has 0 saturated heterocycles. The summed E-state index contributed by atoms with van der Waals surface area (Å²) in [6.07, 6.45) is 0. The average Bonchev–Trinajstić information content (AvgIpc) is 2.64. The molecule has 3 N–H and O–H groups in total.